The summed E-state index contributed by atoms with van der Waals surface area (Å²) in [6.07, 6.45) is 0. The number of nitrogens with zero attached hydrogens (tertiary/aromatic N) is 1. The molecule has 1 aliphatic rings. The van der Waals surface area contributed by atoms with Gasteiger partial charge in [0.25, 0.3) is 5.91 Å². The maximum Gasteiger partial charge on any atom is 0.261 e. The summed E-state index contributed by atoms with van der Waals surface area (Å²) in [6.45, 7) is 2.05. The first-order valence-corrected chi connectivity index (χ1v) is 8.58. The van der Waals surface area contributed by atoms with Gasteiger partial charge in [-0.25, -0.2) is 0 Å². The number of halogens is 2. The Morgan fingerprint density at radius 1 is 1.27 bits per heavy atom. The molecule has 0 saturated carbocycles. The maximum atomic E-state index is 12.7. The lowest BCUT2D eigenvalue weighted by molar-refractivity contribution is -0.136. The van der Waals surface area contributed by atoms with Crippen LogP contribution < -0.4 is 14.8 Å². The zero-order valence-corrected chi connectivity index (χ0v) is 16.1. The third-order valence-electron chi connectivity index (χ3n) is 4.22. The molecule has 1 heterocycles. The minimum Gasteiger partial charge on any atom is -0.496 e. The molecule has 1 fully saturated rings. The molecule has 1 aliphatic heterocycles. The van der Waals surface area contributed by atoms with Gasteiger partial charge < -0.3 is 19.7 Å². The van der Waals surface area contributed by atoms with Crippen LogP contribution in [0.2, 0.25) is 5.02 Å². The fourth-order valence-electron chi connectivity index (χ4n) is 3.01. The summed E-state index contributed by atoms with van der Waals surface area (Å²) in [5.41, 5.74) is 0.994. The average molecular weight is 397 g/mol. The van der Waals surface area contributed by atoms with Gasteiger partial charge in [0.05, 0.1) is 13.2 Å². The molecule has 3 rings (SSSR count). The second-order valence-corrected chi connectivity index (χ2v) is 6.23. The topological polar surface area (TPSA) is 50.8 Å². The van der Waals surface area contributed by atoms with E-state index >= 15 is 0 Å². The normalized spacial score (nSPS) is 16.5. The molecule has 1 saturated heterocycles. The van der Waals surface area contributed by atoms with Crippen LogP contribution in [0.5, 0.6) is 11.5 Å². The van der Waals surface area contributed by atoms with E-state index in [1.807, 2.05) is 29.2 Å². The second kappa shape index (κ2) is 9.67. The van der Waals surface area contributed by atoms with Crippen molar-refractivity contribution in [2.75, 3.05) is 33.4 Å². The quantitative estimate of drug-likeness (QED) is 0.841. The van der Waals surface area contributed by atoms with E-state index in [1.54, 1.807) is 31.4 Å². The van der Waals surface area contributed by atoms with Gasteiger partial charge in [0.1, 0.15) is 11.5 Å². The number of nitrogens with one attached hydrogen (secondary N) is 1. The van der Waals surface area contributed by atoms with Crippen LogP contribution in [-0.4, -0.2) is 44.2 Å². The number of rotatable bonds is 5. The minimum atomic E-state index is -0.0830. The van der Waals surface area contributed by atoms with Crippen molar-refractivity contribution >= 4 is 29.9 Å². The molecule has 0 aliphatic carbocycles. The number of methoxy groups -OCH3 is 1. The largest absolute Gasteiger partial charge is 0.496 e. The van der Waals surface area contributed by atoms with Gasteiger partial charge in [0.15, 0.2) is 6.61 Å². The number of carbonyl (C=O) groups excluding carboxylic acids is 1. The van der Waals surface area contributed by atoms with Crippen molar-refractivity contribution < 1.29 is 14.3 Å². The van der Waals surface area contributed by atoms with Crippen LogP contribution in [0, 0.1) is 0 Å². The van der Waals surface area contributed by atoms with Gasteiger partial charge in [0, 0.05) is 30.2 Å². The fraction of sp³-hybridized carbons (Fsp3) is 0.316. The van der Waals surface area contributed by atoms with Crippen LogP contribution in [-0.2, 0) is 4.79 Å². The third kappa shape index (κ3) is 4.81. The van der Waals surface area contributed by atoms with E-state index in [9.17, 15) is 4.79 Å². The summed E-state index contributed by atoms with van der Waals surface area (Å²) < 4.78 is 11.1. The van der Waals surface area contributed by atoms with Gasteiger partial charge in [-0.3, -0.25) is 4.79 Å². The van der Waals surface area contributed by atoms with Crippen molar-refractivity contribution in [3.8, 4) is 11.5 Å². The van der Waals surface area contributed by atoms with E-state index in [-0.39, 0.29) is 31.0 Å². The predicted octanol–water partition coefficient (Wildman–Crippen LogP) is 3.32. The first-order valence-electron chi connectivity index (χ1n) is 8.20. The van der Waals surface area contributed by atoms with Gasteiger partial charge >= 0.3 is 0 Å². The van der Waals surface area contributed by atoms with Crippen molar-refractivity contribution in [1.82, 2.24) is 10.2 Å². The Bertz CT molecular complexity index is 742. The number of piperazine rings is 1. The van der Waals surface area contributed by atoms with Crippen molar-refractivity contribution in [1.29, 1.82) is 0 Å². The molecule has 1 N–H and O–H groups in total. The van der Waals surface area contributed by atoms with E-state index < -0.39 is 0 Å². The third-order valence-corrected chi connectivity index (χ3v) is 4.46. The number of hydrogen-bond donors (Lipinski definition) is 1. The van der Waals surface area contributed by atoms with Gasteiger partial charge in [0.2, 0.25) is 0 Å². The van der Waals surface area contributed by atoms with E-state index in [2.05, 4.69) is 5.32 Å². The molecule has 1 atom stereocenters. The second-order valence-electron chi connectivity index (χ2n) is 5.80. The van der Waals surface area contributed by atoms with Crippen LogP contribution in [0.4, 0.5) is 0 Å². The minimum absolute atomic E-state index is 0. The van der Waals surface area contributed by atoms with Crippen molar-refractivity contribution in [3.63, 3.8) is 0 Å². The van der Waals surface area contributed by atoms with Gasteiger partial charge in [-0.15, -0.1) is 12.4 Å². The zero-order valence-electron chi connectivity index (χ0n) is 14.5. The Kier molecular flexibility index (Phi) is 7.57. The molecule has 0 bridgehead atoms. The molecule has 2 aromatic rings. The summed E-state index contributed by atoms with van der Waals surface area (Å²) in [5, 5.41) is 3.93. The smallest absolute Gasteiger partial charge is 0.261 e. The van der Waals surface area contributed by atoms with Crippen molar-refractivity contribution in [2.45, 2.75) is 6.04 Å². The van der Waals surface area contributed by atoms with E-state index in [1.165, 1.54) is 0 Å². The highest BCUT2D eigenvalue weighted by Crippen LogP contribution is 2.30. The van der Waals surface area contributed by atoms with Crippen LogP contribution in [0.25, 0.3) is 0 Å². The number of para-hydroxylation sites is 1. The van der Waals surface area contributed by atoms with Gasteiger partial charge in [-0.1, -0.05) is 35.9 Å². The Morgan fingerprint density at radius 3 is 2.85 bits per heavy atom. The molecule has 0 spiro atoms. The van der Waals surface area contributed by atoms with E-state index in [0.29, 0.717) is 23.9 Å². The monoisotopic (exact) mass is 396 g/mol. The predicted molar refractivity (Wildman–Crippen MR) is 105 cm³/mol. The highest BCUT2D eigenvalue weighted by molar-refractivity contribution is 6.30. The average Bonchev–Trinajstić information content (AvgIpc) is 2.66. The SMILES string of the molecule is COc1ccccc1C1CNCCN1C(=O)COc1cccc(Cl)c1.Cl. The summed E-state index contributed by atoms with van der Waals surface area (Å²) in [5.74, 6) is 1.31. The molecular formula is C19H22Cl2N2O3. The van der Waals surface area contributed by atoms with Crippen LogP contribution in [0.3, 0.4) is 0 Å². The van der Waals surface area contributed by atoms with Gasteiger partial charge in [-0.05, 0) is 24.3 Å². The molecule has 26 heavy (non-hydrogen) atoms. The van der Waals surface area contributed by atoms with Crippen molar-refractivity contribution in [2.24, 2.45) is 0 Å². The molecule has 0 aromatic heterocycles. The standard InChI is InChI=1S/C19H21ClN2O3.ClH/c1-24-18-8-3-2-7-16(18)17-12-21-9-10-22(17)19(23)13-25-15-6-4-5-14(20)11-15;/h2-8,11,17,21H,9-10,12-13H2,1H3;1H. The lowest BCUT2D eigenvalue weighted by Crippen LogP contribution is -2.50. The Morgan fingerprint density at radius 2 is 2.08 bits per heavy atom. The fourth-order valence-corrected chi connectivity index (χ4v) is 3.19. The van der Waals surface area contributed by atoms with E-state index in [0.717, 1.165) is 17.9 Å². The summed E-state index contributed by atoms with van der Waals surface area (Å²) in [4.78, 5) is 14.6. The van der Waals surface area contributed by atoms with Crippen LogP contribution in [0.15, 0.2) is 48.5 Å². The van der Waals surface area contributed by atoms with Crippen LogP contribution >= 0.6 is 24.0 Å². The summed E-state index contributed by atoms with van der Waals surface area (Å²) in [6, 6.07) is 14.8. The molecule has 2 aromatic carbocycles. The summed E-state index contributed by atoms with van der Waals surface area (Å²) >= 11 is 5.95. The first-order chi connectivity index (χ1) is 12.2. The van der Waals surface area contributed by atoms with E-state index in [4.69, 9.17) is 21.1 Å². The molecule has 0 radical (unpaired) electrons. The highest BCUT2D eigenvalue weighted by atomic mass is 35.5. The molecule has 140 valence electrons. The molecular weight excluding hydrogens is 375 g/mol. The number of amides is 1. The Balaban J connectivity index is 0.00000243. The van der Waals surface area contributed by atoms with Gasteiger partial charge in [-0.2, -0.15) is 0 Å². The number of benzene rings is 2. The molecule has 7 heteroatoms. The lowest BCUT2D eigenvalue weighted by Gasteiger charge is -2.37. The molecule has 1 amide bonds. The lowest BCUT2D eigenvalue weighted by atomic mass is 10.0. The number of ether oxygens (including phenoxy) is 2. The Hall–Kier alpha value is -1.95. The number of hydrogen-bond acceptors (Lipinski definition) is 4. The Labute approximate surface area is 164 Å². The maximum absolute atomic E-state index is 12.7. The molecule has 1 unspecified atom stereocenters. The highest BCUT2D eigenvalue weighted by Gasteiger charge is 2.29. The zero-order chi connectivity index (χ0) is 17.6. The summed E-state index contributed by atoms with van der Waals surface area (Å²) in [7, 11) is 1.64. The molecule has 5 nitrogen and oxygen atoms in total. The number of carbonyl (C=O) groups is 1. The van der Waals surface area contributed by atoms with Crippen molar-refractivity contribution in [3.05, 3.63) is 59.1 Å². The van der Waals surface area contributed by atoms with Crippen LogP contribution in [0.1, 0.15) is 11.6 Å². The first kappa shape index (κ1) is 20.4.